The predicted octanol–water partition coefficient (Wildman–Crippen LogP) is 6.07. The zero-order chi connectivity index (χ0) is 26.1. The second-order valence-corrected chi connectivity index (χ2v) is 10.2. The van der Waals surface area contributed by atoms with Crippen LogP contribution in [-0.4, -0.2) is 25.9 Å². The van der Waals surface area contributed by atoms with E-state index < -0.39 is 5.92 Å². The number of carbonyl (C=O) groups excluding carboxylic acids is 2. The zero-order valence-electron chi connectivity index (χ0n) is 21.4. The highest BCUT2D eigenvalue weighted by Gasteiger charge is 2.41. The van der Waals surface area contributed by atoms with E-state index in [1.54, 1.807) is 25.6 Å². The minimum Gasteiger partial charge on any atom is -0.493 e. The van der Waals surface area contributed by atoms with Crippen molar-refractivity contribution in [1.29, 1.82) is 0 Å². The van der Waals surface area contributed by atoms with Gasteiger partial charge in [-0.2, -0.15) is 11.3 Å². The molecule has 0 saturated heterocycles. The normalized spacial score (nSPS) is 19.3. The Morgan fingerprint density at radius 2 is 1.78 bits per heavy atom. The molecule has 2 heterocycles. The van der Waals surface area contributed by atoms with E-state index in [4.69, 9.17) is 9.47 Å². The molecular weight excluding hydrogens is 484 g/mol. The molecule has 2 atom stereocenters. The summed E-state index contributed by atoms with van der Waals surface area (Å²) < 4.78 is 10.9. The highest BCUT2D eigenvalue weighted by molar-refractivity contribution is 7.08. The van der Waals surface area contributed by atoms with Crippen LogP contribution in [0.1, 0.15) is 48.3 Å². The summed E-state index contributed by atoms with van der Waals surface area (Å²) in [6.45, 7) is 3.88. The molecule has 7 heteroatoms. The lowest BCUT2D eigenvalue weighted by atomic mass is 9.72. The van der Waals surface area contributed by atoms with Crippen molar-refractivity contribution in [3.05, 3.63) is 98.5 Å². The van der Waals surface area contributed by atoms with Crippen molar-refractivity contribution in [2.45, 2.75) is 38.5 Å². The van der Waals surface area contributed by atoms with Crippen LogP contribution in [-0.2, 0) is 9.59 Å². The molecule has 3 aromatic rings. The van der Waals surface area contributed by atoms with Crippen molar-refractivity contribution in [3.8, 4) is 11.5 Å². The molecule has 190 valence electrons. The molecule has 1 aliphatic carbocycles. The second kappa shape index (κ2) is 10.3. The van der Waals surface area contributed by atoms with E-state index in [-0.39, 0.29) is 17.6 Å². The third kappa shape index (κ3) is 4.67. The second-order valence-electron chi connectivity index (χ2n) is 9.46. The number of amides is 1. The van der Waals surface area contributed by atoms with Gasteiger partial charge in [-0.05, 0) is 77.9 Å². The van der Waals surface area contributed by atoms with Crippen LogP contribution < -0.4 is 20.1 Å². The SMILES string of the molecule is COc1ccc([C@@H]2CC(=O)C3=C(C2)NC(C)=C(C(=O)Nc2ccccc2C)[C@@H]3c2ccsc2)cc1OC. The van der Waals surface area contributed by atoms with E-state index in [0.717, 1.165) is 33.8 Å². The summed E-state index contributed by atoms with van der Waals surface area (Å²) in [7, 11) is 3.22. The first-order valence-electron chi connectivity index (χ1n) is 12.3. The number of allylic oxidation sites excluding steroid dienone is 3. The van der Waals surface area contributed by atoms with Crippen LogP contribution in [0.25, 0.3) is 0 Å². The number of Topliss-reactive ketones (excluding diaryl/α,β-unsaturated/α-hetero) is 1. The van der Waals surface area contributed by atoms with E-state index in [1.165, 1.54) is 0 Å². The zero-order valence-corrected chi connectivity index (χ0v) is 22.2. The number of hydrogen-bond acceptors (Lipinski definition) is 6. The molecule has 1 aromatic heterocycles. The monoisotopic (exact) mass is 514 g/mol. The van der Waals surface area contributed by atoms with Gasteiger partial charge in [0.05, 0.1) is 14.2 Å². The molecule has 0 fully saturated rings. The molecule has 2 N–H and O–H groups in total. The molecule has 0 spiro atoms. The number of benzene rings is 2. The number of dihydropyridines is 1. The smallest absolute Gasteiger partial charge is 0.254 e. The van der Waals surface area contributed by atoms with Crippen molar-refractivity contribution < 1.29 is 19.1 Å². The lowest BCUT2D eigenvalue weighted by Gasteiger charge is -2.36. The van der Waals surface area contributed by atoms with Gasteiger partial charge in [-0.3, -0.25) is 9.59 Å². The molecular formula is C30H30N2O4S. The van der Waals surface area contributed by atoms with Crippen molar-refractivity contribution in [2.24, 2.45) is 0 Å². The van der Waals surface area contributed by atoms with Crippen molar-refractivity contribution in [3.63, 3.8) is 0 Å². The van der Waals surface area contributed by atoms with Gasteiger partial charge in [0, 0.05) is 40.6 Å². The van der Waals surface area contributed by atoms with E-state index in [0.29, 0.717) is 35.5 Å². The quantitative estimate of drug-likeness (QED) is 0.417. The topological polar surface area (TPSA) is 76.7 Å². The fourth-order valence-electron chi connectivity index (χ4n) is 5.36. The summed E-state index contributed by atoms with van der Waals surface area (Å²) in [5.74, 6) is 0.744. The Bertz CT molecular complexity index is 1420. The van der Waals surface area contributed by atoms with E-state index in [2.05, 4.69) is 10.6 Å². The highest BCUT2D eigenvalue weighted by Crippen LogP contribution is 2.46. The maximum absolute atomic E-state index is 13.8. The maximum Gasteiger partial charge on any atom is 0.254 e. The Morgan fingerprint density at radius 3 is 2.49 bits per heavy atom. The van der Waals surface area contributed by atoms with Gasteiger partial charge in [0.15, 0.2) is 17.3 Å². The number of ketones is 1. The van der Waals surface area contributed by atoms with Gasteiger partial charge in [0.1, 0.15) is 0 Å². The predicted molar refractivity (Wildman–Crippen MR) is 146 cm³/mol. The Labute approximate surface area is 221 Å². The van der Waals surface area contributed by atoms with Gasteiger partial charge in [0.25, 0.3) is 5.91 Å². The highest BCUT2D eigenvalue weighted by atomic mass is 32.1. The average Bonchev–Trinajstić information content (AvgIpc) is 3.43. The van der Waals surface area contributed by atoms with Gasteiger partial charge in [-0.25, -0.2) is 0 Å². The number of ether oxygens (including phenoxy) is 2. The number of methoxy groups -OCH3 is 2. The van der Waals surface area contributed by atoms with Crippen LogP contribution in [0.15, 0.2) is 81.8 Å². The third-order valence-electron chi connectivity index (χ3n) is 7.22. The number of para-hydroxylation sites is 1. The summed E-state index contributed by atoms with van der Waals surface area (Å²) in [6, 6.07) is 15.5. The summed E-state index contributed by atoms with van der Waals surface area (Å²) in [5, 5.41) is 10.5. The van der Waals surface area contributed by atoms with E-state index >= 15 is 0 Å². The molecule has 2 aromatic carbocycles. The lowest BCUT2D eigenvalue weighted by Crippen LogP contribution is -2.37. The standard InChI is InChI=1S/C30H30N2O4S/c1-17-7-5-6-8-22(17)32-30(34)27-18(2)31-23-13-21(19-9-10-25(35-3)26(15-19)36-4)14-24(33)29(23)28(27)20-11-12-37-16-20/h5-12,15-16,21,28,31H,13-14H2,1-4H3,(H,32,34)/t21-,28-/m0/s1. The molecule has 1 amide bonds. The molecule has 37 heavy (non-hydrogen) atoms. The number of aryl methyl sites for hydroxylation is 1. The first-order chi connectivity index (χ1) is 17.9. The van der Waals surface area contributed by atoms with E-state index in [9.17, 15) is 9.59 Å². The minimum absolute atomic E-state index is 0.00294. The van der Waals surface area contributed by atoms with Crippen LogP contribution in [0.3, 0.4) is 0 Å². The minimum atomic E-state index is -0.412. The molecule has 6 nitrogen and oxygen atoms in total. The summed E-state index contributed by atoms with van der Waals surface area (Å²) in [4.78, 5) is 27.4. The van der Waals surface area contributed by atoms with Gasteiger partial charge >= 0.3 is 0 Å². The van der Waals surface area contributed by atoms with Gasteiger partial charge in [0.2, 0.25) is 0 Å². The Morgan fingerprint density at radius 1 is 1.00 bits per heavy atom. The number of carbonyl (C=O) groups is 2. The molecule has 1 aliphatic heterocycles. The summed E-state index contributed by atoms with van der Waals surface area (Å²) in [6.07, 6.45) is 1.03. The summed E-state index contributed by atoms with van der Waals surface area (Å²) in [5.41, 5.74) is 6.66. The number of nitrogens with one attached hydrogen (secondary N) is 2. The number of hydrogen-bond donors (Lipinski definition) is 2. The lowest BCUT2D eigenvalue weighted by molar-refractivity contribution is -0.116. The molecule has 2 aliphatic rings. The molecule has 0 saturated carbocycles. The van der Waals surface area contributed by atoms with Crippen LogP contribution in [0.2, 0.25) is 0 Å². The fourth-order valence-corrected chi connectivity index (χ4v) is 6.04. The van der Waals surface area contributed by atoms with Crippen LogP contribution in [0.4, 0.5) is 5.69 Å². The Kier molecular flexibility index (Phi) is 6.89. The Hall–Kier alpha value is -3.84. The van der Waals surface area contributed by atoms with Crippen molar-refractivity contribution in [1.82, 2.24) is 5.32 Å². The fraction of sp³-hybridized carbons (Fsp3) is 0.267. The van der Waals surface area contributed by atoms with Gasteiger partial charge in [-0.15, -0.1) is 0 Å². The maximum atomic E-state index is 13.8. The van der Waals surface area contributed by atoms with Crippen molar-refractivity contribution in [2.75, 3.05) is 19.5 Å². The molecule has 0 radical (unpaired) electrons. The average molecular weight is 515 g/mol. The van der Waals surface area contributed by atoms with Crippen LogP contribution in [0.5, 0.6) is 11.5 Å². The van der Waals surface area contributed by atoms with Crippen molar-refractivity contribution >= 4 is 28.7 Å². The van der Waals surface area contributed by atoms with Crippen LogP contribution >= 0.6 is 11.3 Å². The molecule has 5 rings (SSSR count). The largest absolute Gasteiger partial charge is 0.493 e. The van der Waals surface area contributed by atoms with E-state index in [1.807, 2.05) is 73.1 Å². The number of thiophene rings is 1. The first-order valence-corrected chi connectivity index (χ1v) is 13.2. The number of anilines is 1. The third-order valence-corrected chi connectivity index (χ3v) is 7.92. The Balaban J connectivity index is 1.51. The first kappa shape index (κ1) is 24.8. The van der Waals surface area contributed by atoms with Gasteiger partial charge in [-0.1, -0.05) is 24.3 Å². The molecule has 0 unspecified atom stereocenters. The summed E-state index contributed by atoms with van der Waals surface area (Å²) >= 11 is 1.57. The van der Waals surface area contributed by atoms with Gasteiger partial charge < -0.3 is 20.1 Å². The number of rotatable bonds is 6. The van der Waals surface area contributed by atoms with Crippen LogP contribution in [0, 0.1) is 6.92 Å². The molecule has 0 bridgehead atoms.